The first kappa shape index (κ1) is 9.66. The summed E-state index contributed by atoms with van der Waals surface area (Å²) in [6.45, 7) is 6.67. The van der Waals surface area contributed by atoms with E-state index >= 15 is 0 Å². The Balaban J connectivity index is 3.02. The van der Waals surface area contributed by atoms with Gasteiger partial charge in [0.05, 0.1) is 0 Å². The maximum Gasteiger partial charge on any atom is 0.00782 e. The largest absolute Gasteiger partial charge is 0.130 e. The summed E-state index contributed by atoms with van der Waals surface area (Å²) in [5.74, 6) is 0. The van der Waals surface area contributed by atoms with E-state index < -0.39 is 0 Å². The Morgan fingerprint density at radius 1 is 1.25 bits per heavy atom. The van der Waals surface area contributed by atoms with Crippen molar-refractivity contribution in [2.24, 2.45) is 0 Å². The summed E-state index contributed by atoms with van der Waals surface area (Å²) >= 11 is 1.77. The van der Waals surface area contributed by atoms with Gasteiger partial charge in [-0.2, -0.15) is 0 Å². The Bertz CT molecular complexity index is 258. The molecule has 1 aromatic carbocycles. The van der Waals surface area contributed by atoms with E-state index in [1.807, 2.05) is 6.07 Å². The van der Waals surface area contributed by atoms with Gasteiger partial charge in [-0.1, -0.05) is 26.8 Å². The zero-order valence-electron chi connectivity index (χ0n) is 8.14. The van der Waals surface area contributed by atoms with Crippen LogP contribution in [0.1, 0.15) is 26.3 Å². The molecule has 12 heavy (non-hydrogen) atoms. The minimum atomic E-state index is 0.238. The lowest BCUT2D eigenvalue weighted by molar-refractivity contribution is 0.588. The van der Waals surface area contributed by atoms with Crippen molar-refractivity contribution in [1.29, 1.82) is 0 Å². The van der Waals surface area contributed by atoms with Crippen LogP contribution in [0.5, 0.6) is 0 Å². The van der Waals surface area contributed by atoms with E-state index in [-0.39, 0.29) is 5.41 Å². The van der Waals surface area contributed by atoms with Crippen LogP contribution in [0.2, 0.25) is 0 Å². The summed E-state index contributed by atoms with van der Waals surface area (Å²) in [6.07, 6.45) is 2.09. The third kappa shape index (κ3) is 2.28. The number of hydrogen-bond donors (Lipinski definition) is 0. The smallest absolute Gasteiger partial charge is 0.00782 e. The summed E-state index contributed by atoms with van der Waals surface area (Å²) in [5.41, 5.74) is 1.59. The van der Waals surface area contributed by atoms with Crippen molar-refractivity contribution in [2.75, 3.05) is 6.26 Å². The summed E-state index contributed by atoms with van der Waals surface area (Å²) < 4.78 is 0. The topological polar surface area (TPSA) is 0 Å². The van der Waals surface area contributed by atoms with Gasteiger partial charge < -0.3 is 0 Å². The number of thioether (sulfide) groups is 1. The van der Waals surface area contributed by atoms with Gasteiger partial charge in [-0.05, 0) is 35.4 Å². The van der Waals surface area contributed by atoms with E-state index in [0.717, 1.165) is 0 Å². The first-order chi connectivity index (χ1) is 5.54. The lowest BCUT2D eigenvalue weighted by Gasteiger charge is -2.19. The first-order valence-electron chi connectivity index (χ1n) is 4.09. The van der Waals surface area contributed by atoms with Gasteiger partial charge in [0.25, 0.3) is 0 Å². The van der Waals surface area contributed by atoms with E-state index in [1.165, 1.54) is 10.5 Å². The van der Waals surface area contributed by atoms with E-state index in [1.54, 1.807) is 11.8 Å². The molecule has 0 amide bonds. The van der Waals surface area contributed by atoms with Crippen molar-refractivity contribution in [3.8, 4) is 0 Å². The molecule has 0 saturated heterocycles. The molecule has 1 aromatic rings. The summed E-state index contributed by atoms with van der Waals surface area (Å²) in [4.78, 5) is 1.29. The van der Waals surface area contributed by atoms with Crippen LogP contribution in [0.4, 0.5) is 0 Å². The van der Waals surface area contributed by atoms with E-state index in [0.29, 0.717) is 0 Å². The van der Waals surface area contributed by atoms with Crippen molar-refractivity contribution < 1.29 is 0 Å². The molecule has 0 nitrogen and oxygen atoms in total. The molecular formula is C11H15S. The summed E-state index contributed by atoms with van der Waals surface area (Å²) in [7, 11) is 0. The lowest BCUT2D eigenvalue weighted by atomic mass is 9.87. The fraction of sp³-hybridized carbons (Fsp3) is 0.455. The van der Waals surface area contributed by atoms with Crippen molar-refractivity contribution in [2.45, 2.75) is 31.1 Å². The number of hydrogen-bond acceptors (Lipinski definition) is 1. The Morgan fingerprint density at radius 3 is 2.42 bits per heavy atom. The predicted octanol–water partition coefficient (Wildman–Crippen LogP) is 3.51. The summed E-state index contributed by atoms with van der Waals surface area (Å²) in [5, 5.41) is 0. The molecule has 1 rings (SSSR count). The molecule has 0 atom stereocenters. The third-order valence-corrected chi connectivity index (χ3v) is 2.57. The minimum Gasteiger partial charge on any atom is -0.130 e. The zero-order valence-corrected chi connectivity index (χ0v) is 8.96. The Kier molecular flexibility index (Phi) is 2.84. The van der Waals surface area contributed by atoms with Crippen molar-refractivity contribution in [3.63, 3.8) is 0 Å². The van der Waals surface area contributed by atoms with Crippen molar-refractivity contribution in [3.05, 3.63) is 29.8 Å². The average molecular weight is 179 g/mol. The minimum absolute atomic E-state index is 0.238. The highest BCUT2D eigenvalue weighted by molar-refractivity contribution is 7.98. The maximum absolute atomic E-state index is 3.17. The maximum atomic E-state index is 3.17. The molecule has 0 aromatic heterocycles. The molecule has 0 bridgehead atoms. The van der Waals surface area contributed by atoms with Crippen LogP contribution in [0.25, 0.3) is 0 Å². The van der Waals surface area contributed by atoms with Gasteiger partial charge in [-0.15, -0.1) is 11.8 Å². The highest BCUT2D eigenvalue weighted by Gasteiger charge is 2.13. The molecule has 0 unspecified atom stereocenters. The van der Waals surface area contributed by atoms with Gasteiger partial charge in [0, 0.05) is 4.90 Å². The third-order valence-electron chi connectivity index (χ3n) is 1.86. The normalized spacial score (nSPS) is 11.7. The molecule has 0 fully saturated rings. The highest BCUT2D eigenvalue weighted by Crippen LogP contribution is 2.25. The van der Waals surface area contributed by atoms with E-state index in [2.05, 4.69) is 45.2 Å². The molecule has 0 N–H and O–H groups in total. The quantitative estimate of drug-likeness (QED) is 0.594. The molecule has 1 radical (unpaired) electrons. The second-order valence-corrected chi connectivity index (χ2v) is 4.79. The number of benzene rings is 1. The molecule has 0 saturated carbocycles. The van der Waals surface area contributed by atoms with Gasteiger partial charge in [0.15, 0.2) is 0 Å². The Labute approximate surface area is 79.4 Å². The SMILES string of the molecule is CSc1c[c]cc(C(C)(C)C)c1. The van der Waals surface area contributed by atoms with Crippen molar-refractivity contribution >= 4 is 11.8 Å². The van der Waals surface area contributed by atoms with Crippen LogP contribution in [-0.4, -0.2) is 6.26 Å². The molecule has 0 heterocycles. The monoisotopic (exact) mass is 179 g/mol. The lowest BCUT2D eigenvalue weighted by Crippen LogP contribution is -2.10. The fourth-order valence-electron chi connectivity index (χ4n) is 1.00. The average Bonchev–Trinajstić information content (AvgIpc) is 2.03. The number of rotatable bonds is 1. The van der Waals surface area contributed by atoms with Crippen LogP contribution in [0, 0.1) is 6.07 Å². The van der Waals surface area contributed by atoms with Crippen molar-refractivity contribution in [1.82, 2.24) is 0 Å². The standard InChI is InChI=1S/C11H15S/c1-11(2,3)9-6-5-7-10(8-9)12-4/h6-8H,1-4H3. The second-order valence-electron chi connectivity index (χ2n) is 3.91. The molecule has 0 aliphatic rings. The van der Waals surface area contributed by atoms with Gasteiger partial charge in [-0.3, -0.25) is 0 Å². The van der Waals surface area contributed by atoms with Gasteiger partial charge in [-0.25, -0.2) is 0 Å². The molecule has 0 aliphatic carbocycles. The second kappa shape index (κ2) is 3.53. The first-order valence-corrected chi connectivity index (χ1v) is 5.32. The van der Waals surface area contributed by atoms with Gasteiger partial charge in [0.1, 0.15) is 0 Å². The van der Waals surface area contributed by atoms with Crippen LogP contribution >= 0.6 is 11.8 Å². The highest BCUT2D eigenvalue weighted by atomic mass is 32.2. The van der Waals surface area contributed by atoms with Crippen LogP contribution in [0.3, 0.4) is 0 Å². The fourth-order valence-corrected chi connectivity index (χ4v) is 1.43. The Morgan fingerprint density at radius 2 is 1.92 bits per heavy atom. The van der Waals surface area contributed by atoms with Crippen LogP contribution < -0.4 is 0 Å². The van der Waals surface area contributed by atoms with Crippen LogP contribution in [-0.2, 0) is 5.41 Å². The summed E-state index contributed by atoms with van der Waals surface area (Å²) in [6, 6.07) is 9.50. The van der Waals surface area contributed by atoms with Crippen LogP contribution in [0.15, 0.2) is 23.1 Å². The van der Waals surface area contributed by atoms with E-state index in [9.17, 15) is 0 Å². The predicted molar refractivity (Wildman–Crippen MR) is 55.8 cm³/mol. The van der Waals surface area contributed by atoms with Gasteiger partial charge >= 0.3 is 0 Å². The molecule has 0 spiro atoms. The molecule has 1 heteroatoms. The molecule has 65 valence electrons. The zero-order chi connectivity index (χ0) is 9.19. The molecule has 0 aliphatic heterocycles. The van der Waals surface area contributed by atoms with Gasteiger partial charge in [0.2, 0.25) is 0 Å². The molecular weight excluding hydrogens is 164 g/mol. The van der Waals surface area contributed by atoms with E-state index in [4.69, 9.17) is 0 Å². The Hall–Kier alpha value is -0.430.